The number of carbonyl (C=O) groups excluding carboxylic acids is 1. The van der Waals surface area contributed by atoms with Gasteiger partial charge < -0.3 is 14.8 Å². The Morgan fingerprint density at radius 3 is 2.53 bits per heavy atom. The van der Waals surface area contributed by atoms with Gasteiger partial charge in [0.2, 0.25) is 0 Å². The maximum atomic E-state index is 13.0. The summed E-state index contributed by atoms with van der Waals surface area (Å²) in [7, 11) is 1.63. The van der Waals surface area contributed by atoms with Crippen LogP contribution in [0, 0.1) is 0 Å². The normalized spacial score (nSPS) is 14.4. The van der Waals surface area contributed by atoms with Gasteiger partial charge >= 0.3 is 0 Å². The molecule has 7 heteroatoms. The molecule has 0 bridgehead atoms. The second kappa shape index (κ2) is 9.56. The van der Waals surface area contributed by atoms with Crippen LogP contribution >= 0.6 is 0 Å². The zero-order valence-corrected chi connectivity index (χ0v) is 17.1. The first-order valence-electron chi connectivity index (χ1n) is 10.1. The molecule has 0 aliphatic carbocycles. The summed E-state index contributed by atoms with van der Waals surface area (Å²) in [5.74, 6) is 0.633. The van der Waals surface area contributed by atoms with Crippen molar-refractivity contribution in [1.82, 2.24) is 20.0 Å². The molecule has 0 atom stereocenters. The minimum atomic E-state index is -0.128. The van der Waals surface area contributed by atoms with Crippen molar-refractivity contribution < 1.29 is 14.3 Å². The van der Waals surface area contributed by atoms with Gasteiger partial charge in [-0.3, -0.25) is 9.69 Å². The third-order valence-corrected chi connectivity index (χ3v) is 5.16. The molecular formula is C23H26N4O3. The lowest BCUT2D eigenvalue weighted by atomic mass is 10.1. The summed E-state index contributed by atoms with van der Waals surface area (Å²) >= 11 is 0. The Bertz CT molecular complexity index is 964. The number of carbonyl (C=O) groups is 1. The van der Waals surface area contributed by atoms with Gasteiger partial charge in [-0.05, 0) is 36.4 Å². The van der Waals surface area contributed by atoms with Gasteiger partial charge in [-0.1, -0.05) is 18.2 Å². The van der Waals surface area contributed by atoms with Crippen LogP contribution in [-0.4, -0.2) is 67.1 Å². The molecule has 2 heterocycles. The van der Waals surface area contributed by atoms with Gasteiger partial charge in [-0.25, -0.2) is 4.68 Å². The molecule has 3 aromatic rings. The van der Waals surface area contributed by atoms with Crippen LogP contribution in [0.15, 0.2) is 60.8 Å². The van der Waals surface area contributed by atoms with Gasteiger partial charge in [-0.15, -0.1) is 0 Å². The van der Waals surface area contributed by atoms with E-state index in [1.165, 1.54) is 0 Å². The van der Waals surface area contributed by atoms with Crippen molar-refractivity contribution in [2.75, 3.05) is 46.5 Å². The fourth-order valence-electron chi connectivity index (χ4n) is 3.46. The highest BCUT2D eigenvalue weighted by Gasteiger charge is 2.19. The van der Waals surface area contributed by atoms with Crippen molar-refractivity contribution in [3.63, 3.8) is 0 Å². The predicted molar refractivity (Wildman–Crippen MR) is 115 cm³/mol. The van der Waals surface area contributed by atoms with Gasteiger partial charge in [0, 0.05) is 37.9 Å². The van der Waals surface area contributed by atoms with Crippen LogP contribution in [0.4, 0.5) is 0 Å². The number of para-hydroxylation sites is 1. The summed E-state index contributed by atoms with van der Waals surface area (Å²) in [6.07, 6.45) is 1.79. The number of methoxy groups -OCH3 is 1. The quantitative estimate of drug-likeness (QED) is 0.653. The Labute approximate surface area is 176 Å². The number of aromatic nitrogens is 2. The van der Waals surface area contributed by atoms with Crippen molar-refractivity contribution in [3.8, 4) is 22.7 Å². The van der Waals surface area contributed by atoms with Crippen LogP contribution in [-0.2, 0) is 4.74 Å². The number of benzene rings is 2. The van der Waals surface area contributed by atoms with Crippen molar-refractivity contribution in [3.05, 3.63) is 66.4 Å². The van der Waals surface area contributed by atoms with E-state index in [0.717, 1.165) is 49.8 Å². The summed E-state index contributed by atoms with van der Waals surface area (Å²) in [6, 6.07) is 17.4. The van der Waals surface area contributed by atoms with E-state index in [4.69, 9.17) is 14.6 Å². The molecule has 1 N–H and O–H groups in total. The SMILES string of the molecule is COc1ccc(-c2nn(-c3ccccc3)cc2C(=O)NCCN2CCOCC2)cc1. The molecule has 0 unspecified atom stereocenters. The third-order valence-electron chi connectivity index (χ3n) is 5.16. The van der Waals surface area contributed by atoms with Gasteiger partial charge in [-0.2, -0.15) is 5.10 Å². The monoisotopic (exact) mass is 406 g/mol. The molecule has 0 spiro atoms. The lowest BCUT2D eigenvalue weighted by molar-refractivity contribution is 0.0383. The highest BCUT2D eigenvalue weighted by atomic mass is 16.5. The maximum absolute atomic E-state index is 13.0. The third kappa shape index (κ3) is 4.69. The highest BCUT2D eigenvalue weighted by Crippen LogP contribution is 2.25. The summed E-state index contributed by atoms with van der Waals surface area (Å²) in [5, 5.41) is 7.76. The standard InChI is InChI=1S/C23H26N4O3/c1-29-20-9-7-18(8-10-20)22-21(17-27(25-22)19-5-3-2-4-6-19)23(28)24-11-12-26-13-15-30-16-14-26/h2-10,17H,11-16H2,1H3,(H,24,28). The number of nitrogens with one attached hydrogen (secondary N) is 1. The Hall–Kier alpha value is -3.16. The molecule has 1 aromatic heterocycles. The van der Waals surface area contributed by atoms with E-state index in [1.807, 2.05) is 54.6 Å². The average Bonchev–Trinajstić information content (AvgIpc) is 3.26. The molecule has 0 saturated carbocycles. The Kier molecular flexibility index (Phi) is 6.41. The van der Waals surface area contributed by atoms with Gasteiger partial charge in [0.1, 0.15) is 11.4 Å². The number of hydrogen-bond acceptors (Lipinski definition) is 5. The van der Waals surface area contributed by atoms with Crippen LogP contribution in [0.1, 0.15) is 10.4 Å². The van der Waals surface area contributed by atoms with Crippen molar-refractivity contribution in [2.24, 2.45) is 0 Å². The molecular weight excluding hydrogens is 380 g/mol. The van der Waals surface area contributed by atoms with E-state index in [-0.39, 0.29) is 5.91 Å². The summed E-state index contributed by atoms with van der Waals surface area (Å²) in [6.45, 7) is 4.69. The first-order chi connectivity index (χ1) is 14.7. The van der Waals surface area contributed by atoms with E-state index in [0.29, 0.717) is 17.8 Å². The molecule has 1 fully saturated rings. The number of hydrogen-bond donors (Lipinski definition) is 1. The zero-order valence-electron chi connectivity index (χ0n) is 17.1. The minimum Gasteiger partial charge on any atom is -0.497 e. The summed E-state index contributed by atoms with van der Waals surface area (Å²) in [4.78, 5) is 15.3. The molecule has 1 saturated heterocycles. The van der Waals surface area contributed by atoms with Crippen molar-refractivity contribution >= 4 is 5.91 Å². The van der Waals surface area contributed by atoms with Gasteiger partial charge in [0.25, 0.3) is 5.91 Å². The predicted octanol–water partition coefficient (Wildman–Crippen LogP) is 2.61. The molecule has 156 valence electrons. The van der Waals surface area contributed by atoms with Crippen molar-refractivity contribution in [2.45, 2.75) is 0 Å². The van der Waals surface area contributed by atoms with Crippen LogP contribution in [0.2, 0.25) is 0 Å². The number of rotatable bonds is 7. The van der Waals surface area contributed by atoms with Gasteiger partial charge in [0.05, 0.1) is 31.6 Å². The fraction of sp³-hybridized carbons (Fsp3) is 0.304. The zero-order chi connectivity index (χ0) is 20.8. The average molecular weight is 406 g/mol. The number of amides is 1. The number of nitrogens with zero attached hydrogens (tertiary/aromatic N) is 3. The Morgan fingerprint density at radius 2 is 1.83 bits per heavy atom. The van der Waals surface area contributed by atoms with Crippen LogP contribution in [0.3, 0.4) is 0 Å². The first kappa shape index (κ1) is 20.1. The first-order valence-corrected chi connectivity index (χ1v) is 10.1. The largest absolute Gasteiger partial charge is 0.497 e. The van der Waals surface area contributed by atoms with Gasteiger partial charge in [0.15, 0.2) is 0 Å². The fourth-order valence-corrected chi connectivity index (χ4v) is 3.46. The summed E-state index contributed by atoms with van der Waals surface area (Å²) < 4.78 is 12.4. The summed E-state index contributed by atoms with van der Waals surface area (Å²) in [5.41, 5.74) is 2.96. The Balaban J connectivity index is 1.56. The highest BCUT2D eigenvalue weighted by molar-refractivity contribution is 6.00. The molecule has 30 heavy (non-hydrogen) atoms. The molecule has 4 rings (SSSR count). The Morgan fingerprint density at radius 1 is 1.10 bits per heavy atom. The van der Waals surface area contributed by atoms with E-state index >= 15 is 0 Å². The van der Waals surface area contributed by atoms with Crippen LogP contribution < -0.4 is 10.1 Å². The minimum absolute atomic E-state index is 0.128. The smallest absolute Gasteiger partial charge is 0.255 e. The second-order valence-corrected chi connectivity index (χ2v) is 7.11. The number of ether oxygens (including phenoxy) is 2. The lowest BCUT2D eigenvalue weighted by Crippen LogP contribution is -2.41. The maximum Gasteiger partial charge on any atom is 0.255 e. The van der Waals surface area contributed by atoms with Crippen LogP contribution in [0.25, 0.3) is 16.9 Å². The topological polar surface area (TPSA) is 68.6 Å². The second-order valence-electron chi connectivity index (χ2n) is 7.11. The molecule has 1 amide bonds. The van der Waals surface area contributed by atoms with E-state index in [1.54, 1.807) is 18.0 Å². The van der Waals surface area contributed by atoms with E-state index in [9.17, 15) is 4.79 Å². The molecule has 7 nitrogen and oxygen atoms in total. The van der Waals surface area contributed by atoms with Crippen molar-refractivity contribution in [1.29, 1.82) is 0 Å². The van der Waals surface area contributed by atoms with E-state index < -0.39 is 0 Å². The molecule has 1 aliphatic rings. The van der Waals surface area contributed by atoms with Crippen LogP contribution in [0.5, 0.6) is 5.75 Å². The molecule has 1 aliphatic heterocycles. The number of morpholine rings is 1. The lowest BCUT2D eigenvalue weighted by Gasteiger charge is -2.26. The molecule has 0 radical (unpaired) electrons. The molecule has 2 aromatic carbocycles. The van der Waals surface area contributed by atoms with E-state index in [2.05, 4.69) is 10.2 Å².